The van der Waals surface area contributed by atoms with E-state index in [1.807, 2.05) is 0 Å². The molecule has 0 aliphatic carbocycles. The van der Waals surface area contributed by atoms with Crippen LogP contribution in [-0.2, 0) is 0 Å². The third-order valence-corrected chi connectivity index (χ3v) is 9.40. The molecule has 0 bridgehead atoms. The lowest BCUT2D eigenvalue weighted by atomic mass is 10.1. The molecule has 2 rings (SSSR count). The summed E-state index contributed by atoms with van der Waals surface area (Å²) in [4.78, 5) is 0. The van der Waals surface area contributed by atoms with Crippen molar-refractivity contribution in [2.75, 3.05) is 0 Å². The Hall–Kier alpha value is -0.426. The van der Waals surface area contributed by atoms with Gasteiger partial charge in [-0.1, -0.05) is 106 Å². The molecule has 0 amide bonds. The van der Waals surface area contributed by atoms with Gasteiger partial charge in [-0.25, -0.2) is 0 Å². The van der Waals surface area contributed by atoms with E-state index in [1.165, 1.54) is 11.1 Å². The van der Waals surface area contributed by atoms with Crippen LogP contribution >= 0.6 is 31.9 Å². The van der Waals surface area contributed by atoms with Crippen molar-refractivity contribution < 1.29 is 0 Å². The Bertz CT molecular complexity index is 666. The van der Waals surface area contributed by atoms with Crippen LogP contribution in [0.1, 0.15) is 11.1 Å². The van der Waals surface area contributed by atoms with Crippen molar-refractivity contribution in [2.24, 2.45) is 0 Å². The van der Waals surface area contributed by atoms with Gasteiger partial charge in [-0.3, -0.25) is 0 Å². The minimum atomic E-state index is -1.53. The number of benzene rings is 2. The molecule has 0 unspecified atom stereocenters. The Morgan fingerprint density at radius 2 is 0.792 bits per heavy atom. The first-order valence-electron chi connectivity index (χ1n) is 8.27. The first-order valence-corrected chi connectivity index (χ1v) is 16.9. The monoisotopic (exact) mass is 480 g/mol. The molecule has 0 atom stereocenters. The topological polar surface area (TPSA) is 0 Å². The summed E-state index contributed by atoms with van der Waals surface area (Å²) in [5.41, 5.74) is 2.77. The third kappa shape index (κ3) is 4.81. The number of hydrogen-bond acceptors (Lipinski definition) is 0. The molecule has 0 radical (unpaired) electrons. The maximum Gasteiger partial charge on any atom is 0.0782 e. The maximum atomic E-state index is 3.57. The number of halogens is 2. The van der Waals surface area contributed by atoms with Crippen LogP contribution in [0.3, 0.4) is 0 Å². The van der Waals surface area contributed by atoms with Crippen LogP contribution in [0.4, 0.5) is 0 Å². The van der Waals surface area contributed by atoms with Crippen molar-refractivity contribution in [1.82, 2.24) is 0 Å². The fraction of sp³-hybridized carbons (Fsp3) is 0.300. The number of rotatable bonds is 4. The summed E-state index contributed by atoms with van der Waals surface area (Å²) in [5.74, 6) is 0. The molecular formula is C20H26Br2Si2. The highest BCUT2D eigenvalue weighted by atomic mass is 79.9. The predicted octanol–water partition coefficient (Wildman–Crippen LogP) is 7.88. The van der Waals surface area contributed by atoms with Crippen LogP contribution in [0, 0.1) is 0 Å². The van der Waals surface area contributed by atoms with E-state index in [-0.39, 0.29) is 0 Å². The van der Waals surface area contributed by atoms with Gasteiger partial charge >= 0.3 is 0 Å². The molecule has 0 aromatic heterocycles. The highest BCUT2D eigenvalue weighted by Gasteiger charge is 2.32. The van der Waals surface area contributed by atoms with E-state index in [2.05, 4.69) is 120 Å². The Morgan fingerprint density at radius 1 is 0.542 bits per heavy atom. The molecule has 0 fully saturated rings. The Labute approximate surface area is 165 Å². The molecule has 128 valence electrons. The Balaban J connectivity index is 2.83. The van der Waals surface area contributed by atoms with Crippen molar-refractivity contribution in [3.8, 4) is 0 Å². The fourth-order valence-electron chi connectivity index (χ4n) is 3.14. The molecule has 4 heteroatoms. The number of hydrogen-bond donors (Lipinski definition) is 0. The first-order chi connectivity index (χ1) is 11.0. The Morgan fingerprint density at radius 3 is 1.00 bits per heavy atom. The second kappa shape index (κ2) is 7.44. The quantitative estimate of drug-likeness (QED) is 0.307. The average molecular weight is 482 g/mol. The summed E-state index contributed by atoms with van der Waals surface area (Å²) in [7, 11) is -3.05. The smallest absolute Gasteiger partial charge is 0.0656 e. The summed E-state index contributed by atoms with van der Waals surface area (Å²) < 4.78 is 2.28. The predicted molar refractivity (Wildman–Crippen MR) is 122 cm³/mol. The molecule has 0 saturated heterocycles. The zero-order valence-corrected chi connectivity index (χ0v) is 20.5. The lowest BCUT2D eigenvalue weighted by molar-refractivity contribution is 1.55. The molecule has 0 aliphatic heterocycles. The van der Waals surface area contributed by atoms with E-state index < -0.39 is 16.1 Å². The van der Waals surface area contributed by atoms with Crippen molar-refractivity contribution in [1.29, 1.82) is 0 Å². The second-order valence-electron chi connectivity index (χ2n) is 8.26. The molecule has 0 aliphatic rings. The highest BCUT2D eigenvalue weighted by Crippen LogP contribution is 2.39. The van der Waals surface area contributed by atoms with E-state index in [0.29, 0.717) is 0 Å². The van der Waals surface area contributed by atoms with E-state index in [4.69, 9.17) is 0 Å². The van der Waals surface area contributed by atoms with Crippen LogP contribution in [0.5, 0.6) is 0 Å². The zero-order valence-electron chi connectivity index (χ0n) is 15.4. The minimum Gasteiger partial charge on any atom is -0.0656 e. The summed E-state index contributed by atoms with van der Waals surface area (Å²) in [6.07, 6.45) is 0. The van der Waals surface area contributed by atoms with Gasteiger partial charge in [-0.05, 0) is 35.4 Å². The van der Waals surface area contributed by atoms with Crippen molar-refractivity contribution in [2.45, 2.75) is 39.3 Å². The second-order valence-corrected chi connectivity index (χ2v) is 20.1. The van der Waals surface area contributed by atoms with Gasteiger partial charge in [0.15, 0.2) is 0 Å². The van der Waals surface area contributed by atoms with Crippen molar-refractivity contribution in [3.05, 3.63) is 68.6 Å². The van der Waals surface area contributed by atoms with Gasteiger partial charge in [0, 0.05) is 8.95 Å². The van der Waals surface area contributed by atoms with Crippen molar-refractivity contribution >= 4 is 58.4 Å². The van der Waals surface area contributed by atoms with Gasteiger partial charge in [0.25, 0.3) is 0 Å². The summed E-state index contributed by atoms with van der Waals surface area (Å²) >= 11 is 7.15. The van der Waals surface area contributed by atoms with E-state index >= 15 is 0 Å². The lowest BCUT2D eigenvalue weighted by Crippen LogP contribution is -2.32. The van der Waals surface area contributed by atoms with Gasteiger partial charge in [0.05, 0.1) is 16.1 Å². The van der Waals surface area contributed by atoms with E-state index in [1.54, 1.807) is 10.4 Å². The molecule has 2 aromatic carbocycles. The van der Waals surface area contributed by atoms with E-state index in [0.717, 1.165) is 8.95 Å². The summed E-state index contributed by atoms with van der Waals surface area (Å²) in [6.45, 7) is 14.8. The van der Waals surface area contributed by atoms with Gasteiger partial charge in [0.2, 0.25) is 0 Å². The van der Waals surface area contributed by atoms with E-state index in [9.17, 15) is 0 Å². The third-order valence-electron chi connectivity index (χ3n) is 4.02. The van der Waals surface area contributed by atoms with Crippen LogP contribution < -0.4 is 0 Å². The zero-order chi connectivity index (χ0) is 18.1. The highest BCUT2D eigenvalue weighted by molar-refractivity contribution is 9.10. The lowest BCUT2D eigenvalue weighted by Gasteiger charge is -2.32. The van der Waals surface area contributed by atoms with Crippen LogP contribution in [0.2, 0.25) is 39.3 Å². The molecular weight excluding hydrogens is 456 g/mol. The minimum absolute atomic E-state index is 1.14. The average Bonchev–Trinajstić information content (AvgIpc) is 2.45. The SMILES string of the molecule is C[Si](C)(C)/C(=C(\c1ccc(Br)cc1)[Si](C)(C)C)c1ccc(Br)cc1. The van der Waals surface area contributed by atoms with Crippen LogP contribution in [0.15, 0.2) is 57.5 Å². The largest absolute Gasteiger partial charge is 0.0782 e. The molecule has 0 spiro atoms. The van der Waals surface area contributed by atoms with Gasteiger partial charge < -0.3 is 0 Å². The Kier molecular flexibility index (Phi) is 6.17. The molecule has 0 saturated carbocycles. The van der Waals surface area contributed by atoms with Gasteiger partial charge in [0.1, 0.15) is 0 Å². The van der Waals surface area contributed by atoms with Crippen LogP contribution in [-0.4, -0.2) is 16.1 Å². The normalized spacial score (nSPS) is 13.7. The summed E-state index contributed by atoms with van der Waals surface area (Å²) in [5, 5.41) is 3.22. The van der Waals surface area contributed by atoms with Gasteiger partial charge in [-0.15, -0.1) is 0 Å². The molecule has 0 nitrogen and oxygen atoms in total. The fourth-order valence-corrected chi connectivity index (χ4v) is 9.77. The van der Waals surface area contributed by atoms with Crippen molar-refractivity contribution in [3.63, 3.8) is 0 Å². The first kappa shape index (κ1) is 19.9. The van der Waals surface area contributed by atoms with Crippen LogP contribution in [0.25, 0.3) is 10.4 Å². The molecule has 0 N–H and O–H groups in total. The maximum absolute atomic E-state index is 3.57. The summed E-state index contributed by atoms with van der Waals surface area (Å²) in [6, 6.07) is 17.8. The van der Waals surface area contributed by atoms with Gasteiger partial charge in [-0.2, -0.15) is 0 Å². The molecule has 0 heterocycles. The standard InChI is InChI=1S/C20H26Br2Si2/c1-23(2,3)19(15-7-11-17(21)12-8-15)20(24(4,5)6)16-9-13-18(22)14-10-16/h7-14H,1-6H3/b20-19+. The molecule has 2 aromatic rings. The molecule has 24 heavy (non-hydrogen) atoms.